The van der Waals surface area contributed by atoms with Gasteiger partial charge >= 0.3 is 5.97 Å². The lowest BCUT2D eigenvalue weighted by molar-refractivity contribution is -0.164. The molecule has 0 aliphatic heterocycles. The molecule has 1 unspecified atom stereocenters. The van der Waals surface area contributed by atoms with E-state index in [1.165, 1.54) is 7.11 Å². The smallest absolute Gasteiger partial charge is 0.335 e. The molecule has 0 saturated heterocycles. The predicted octanol–water partition coefficient (Wildman–Crippen LogP) is 1.42. The lowest BCUT2D eigenvalue weighted by Crippen LogP contribution is -2.40. The third-order valence-electron chi connectivity index (χ3n) is 2.42. The quantitative estimate of drug-likeness (QED) is 0.587. The first-order chi connectivity index (χ1) is 6.63. The summed E-state index contributed by atoms with van der Waals surface area (Å²) in [5.74, 6) is -0.903. The van der Waals surface area contributed by atoms with Gasteiger partial charge in [-0.15, -0.1) is 0 Å². The number of rotatable bonds is 8. The van der Waals surface area contributed by atoms with E-state index in [2.05, 4.69) is 0 Å². The highest BCUT2D eigenvalue weighted by Crippen LogP contribution is 2.24. The Balaban J connectivity index is 4.26. The summed E-state index contributed by atoms with van der Waals surface area (Å²) in [4.78, 5) is 11.0. The van der Waals surface area contributed by atoms with Crippen molar-refractivity contribution in [2.75, 3.05) is 13.7 Å². The minimum Gasteiger partial charge on any atom is -0.479 e. The highest BCUT2D eigenvalue weighted by molar-refractivity contribution is 5.77. The summed E-state index contributed by atoms with van der Waals surface area (Å²) in [6, 6.07) is 0. The lowest BCUT2D eigenvalue weighted by atomic mass is 9.91. The Morgan fingerprint density at radius 3 is 2.36 bits per heavy atom. The topological polar surface area (TPSA) is 66.8 Å². The van der Waals surface area contributed by atoms with Crippen molar-refractivity contribution in [2.45, 2.75) is 44.6 Å². The van der Waals surface area contributed by atoms with E-state index in [0.29, 0.717) is 25.7 Å². The Kier molecular flexibility index (Phi) is 6.49. The van der Waals surface area contributed by atoms with Gasteiger partial charge < -0.3 is 14.9 Å². The fraction of sp³-hybridized carbons (Fsp3) is 0.900. The van der Waals surface area contributed by atoms with Crippen LogP contribution in [0, 0.1) is 0 Å². The molecule has 1 atom stereocenters. The first-order valence-corrected chi connectivity index (χ1v) is 5.02. The monoisotopic (exact) mass is 204 g/mol. The Bertz CT molecular complexity index is 170. The van der Waals surface area contributed by atoms with E-state index in [-0.39, 0.29) is 6.61 Å². The van der Waals surface area contributed by atoms with Crippen molar-refractivity contribution in [2.24, 2.45) is 0 Å². The van der Waals surface area contributed by atoms with Gasteiger partial charge in [0, 0.05) is 13.7 Å². The molecule has 0 saturated carbocycles. The molecule has 0 aliphatic carbocycles. The lowest BCUT2D eigenvalue weighted by Gasteiger charge is -2.27. The van der Waals surface area contributed by atoms with Gasteiger partial charge in [-0.3, -0.25) is 0 Å². The van der Waals surface area contributed by atoms with E-state index in [0.717, 1.165) is 6.42 Å². The molecule has 0 aliphatic rings. The summed E-state index contributed by atoms with van der Waals surface area (Å²) < 4.78 is 5.11. The van der Waals surface area contributed by atoms with Crippen LogP contribution in [0.2, 0.25) is 0 Å². The Labute approximate surface area is 84.9 Å². The minimum atomic E-state index is -1.05. The normalized spacial score (nSPS) is 15.1. The largest absolute Gasteiger partial charge is 0.479 e. The van der Waals surface area contributed by atoms with Crippen LogP contribution in [0.1, 0.15) is 39.0 Å². The SMILES string of the molecule is CCCC(CCCCO)(OC)C(=O)O. The Hall–Kier alpha value is -0.610. The summed E-state index contributed by atoms with van der Waals surface area (Å²) in [5.41, 5.74) is -1.05. The zero-order chi connectivity index (χ0) is 11.0. The maximum atomic E-state index is 11.0. The zero-order valence-electron chi connectivity index (χ0n) is 8.95. The van der Waals surface area contributed by atoms with E-state index in [4.69, 9.17) is 14.9 Å². The number of unbranched alkanes of at least 4 members (excludes halogenated alkanes) is 1. The Morgan fingerprint density at radius 2 is 2.00 bits per heavy atom. The standard InChI is InChI=1S/C10H20O4/c1-3-6-10(14-2,9(12)13)7-4-5-8-11/h11H,3-8H2,1-2H3,(H,12,13). The van der Waals surface area contributed by atoms with Crippen LogP contribution in [-0.2, 0) is 9.53 Å². The summed E-state index contributed by atoms with van der Waals surface area (Å²) in [6.07, 6.45) is 3.06. The molecule has 0 aromatic heterocycles. The van der Waals surface area contributed by atoms with Crippen LogP contribution in [0.3, 0.4) is 0 Å². The second-order valence-electron chi connectivity index (χ2n) is 3.43. The number of ether oxygens (including phenoxy) is 1. The van der Waals surface area contributed by atoms with Gasteiger partial charge in [0.05, 0.1) is 0 Å². The van der Waals surface area contributed by atoms with Crippen LogP contribution < -0.4 is 0 Å². The number of aliphatic hydroxyl groups is 1. The number of aliphatic hydroxyl groups excluding tert-OH is 1. The first kappa shape index (κ1) is 13.4. The fourth-order valence-electron chi connectivity index (χ4n) is 1.56. The molecule has 0 heterocycles. The summed E-state index contributed by atoms with van der Waals surface area (Å²) >= 11 is 0. The number of carbonyl (C=O) groups is 1. The van der Waals surface area contributed by atoms with Crippen LogP contribution in [-0.4, -0.2) is 35.5 Å². The van der Waals surface area contributed by atoms with Crippen molar-refractivity contribution in [1.82, 2.24) is 0 Å². The van der Waals surface area contributed by atoms with Crippen LogP contribution in [0.5, 0.6) is 0 Å². The van der Waals surface area contributed by atoms with Crippen LogP contribution >= 0.6 is 0 Å². The van der Waals surface area contributed by atoms with E-state index in [9.17, 15) is 4.79 Å². The number of aliphatic carboxylic acids is 1. The van der Waals surface area contributed by atoms with Gasteiger partial charge in [0.15, 0.2) is 5.60 Å². The molecule has 0 amide bonds. The third kappa shape index (κ3) is 3.64. The Morgan fingerprint density at radius 1 is 1.36 bits per heavy atom. The van der Waals surface area contributed by atoms with Crippen molar-refractivity contribution < 1.29 is 19.7 Å². The van der Waals surface area contributed by atoms with E-state index >= 15 is 0 Å². The van der Waals surface area contributed by atoms with E-state index in [1.54, 1.807) is 0 Å². The minimum absolute atomic E-state index is 0.103. The zero-order valence-corrected chi connectivity index (χ0v) is 8.95. The molecule has 2 N–H and O–H groups in total. The van der Waals surface area contributed by atoms with Crippen LogP contribution in [0.25, 0.3) is 0 Å². The van der Waals surface area contributed by atoms with Crippen molar-refractivity contribution in [3.8, 4) is 0 Å². The maximum Gasteiger partial charge on any atom is 0.335 e. The fourth-order valence-corrected chi connectivity index (χ4v) is 1.56. The van der Waals surface area contributed by atoms with E-state index < -0.39 is 11.6 Å². The molecule has 14 heavy (non-hydrogen) atoms. The maximum absolute atomic E-state index is 11.0. The molecule has 4 nitrogen and oxygen atoms in total. The molecular weight excluding hydrogens is 184 g/mol. The van der Waals surface area contributed by atoms with Crippen molar-refractivity contribution in [1.29, 1.82) is 0 Å². The number of hydrogen-bond donors (Lipinski definition) is 2. The predicted molar refractivity (Wildman–Crippen MR) is 53.2 cm³/mol. The second-order valence-corrected chi connectivity index (χ2v) is 3.43. The summed E-state index contributed by atoms with van der Waals surface area (Å²) in [6.45, 7) is 2.04. The highest BCUT2D eigenvalue weighted by atomic mass is 16.5. The molecule has 4 heteroatoms. The van der Waals surface area contributed by atoms with Gasteiger partial charge in [-0.25, -0.2) is 4.79 Å². The van der Waals surface area contributed by atoms with Crippen LogP contribution in [0.15, 0.2) is 0 Å². The highest BCUT2D eigenvalue weighted by Gasteiger charge is 2.36. The molecule has 0 radical (unpaired) electrons. The first-order valence-electron chi connectivity index (χ1n) is 5.02. The van der Waals surface area contributed by atoms with Gasteiger partial charge in [0.25, 0.3) is 0 Å². The van der Waals surface area contributed by atoms with Gasteiger partial charge in [-0.1, -0.05) is 13.3 Å². The van der Waals surface area contributed by atoms with Gasteiger partial charge in [-0.05, 0) is 25.7 Å². The molecule has 0 bridgehead atoms. The van der Waals surface area contributed by atoms with Gasteiger partial charge in [0.1, 0.15) is 0 Å². The van der Waals surface area contributed by atoms with Crippen LogP contribution in [0.4, 0.5) is 0 Å². The molecular formula is C10H20O4. The molecule has 0 fully saturated rings. The second kappa shape index (κ2) is 6.79. The molecule has 0 rings (SSSR count). The summed E-state index contributed by atoms with van der Waals surface area (Å²) in [7, 11) is 1.43. The van der Waals surface area contributed by atoms with Gasteiger partial charge in [-0.2, -0.15) is 0 Å². The van der Waals surface area contributed by atoms with E-state index in [1.807, 2.05) is 6.92 Å². The molecule has 0 aromatic carbocycles. The third-order valence-corrected chi connectivity index (χ3v) is 2.42. The van der Waals surface area contributed by atoms with Crippen molar-refractivity contribution in [3.05, 3.63) is 0 Å². The average Bonchev–Trinajstić information content (AvgIpc) is 2.16. The molecule has 0 spiro atoms. The van der Waals surface area contributed by atoms with Crippen molar-refractivity contribution >= 4 is 5.97 Å². The van der Waals surface area contributed by atoms with Gasteiger partial charge in [0.2, 0.25) is 0 Å². The number of carboxylic acid groups (broad SMARTS) is 1. The number of carboxylic acids is 1. The van der Waals surface area contributed by atoms with Crippen molar-refractivity contribution in [3.63, 3.8) is 0 Å². The summed E-state index contributed by atoms with van der Waals surface area (Å²) in [5, 5.41) is 17.7. The average molecular weight is 204 g/mol. The molecule has 0 aromatic rings. The number of hydrogen-bond acceptors (Lipinski definition) is 3. The number of methoxy groups -OCH3 is 1. The molecule has 84 valence electrons.